The van der Waals surface area contributed by atoms with Gasteiger partial charge in [-0.25, -0.2) is 0 Å². The van der Waals surface area contributed by atoms with E-state index in [4.69, 9.17) is 13.3 Å². The van der Waals surface area contributed by atoms with Crippen LogP contribution in [0.15, 0.2) is 0 Å². The topological polar surface area (TPSA) is 44.8 Å². The zero-order valence-electron chi connectivity index (χ0n) is 10.6. The first kappa shape index (κ1) is 16.1. The minimum absolute atomic E-state index is 0.266. The Bertz CT molecular complexity index is 189. The molecule has 0 aromatic heterocycles. The molecule has 0 N–H and O–H groups in total. The van der Waals surface area contributed by atoms with Crippen molar-refractivity contribution in [1.29, 1.82) is 0 Å². The SMILES string of the molecule is CCCC(=O)SCCC[Si](OC)(OC)OC. The van der Waals surface area contributed by atoms with Crippen LogP contribution < -0.4 is 0 Å². The summed E-state index contributed by atoms with van der Waals surface area (Å²) in [6.45, 7) is 2.01. The number of thioether (sulfide) groups is 1. The van der Waals surface area contributed by atoms with Crippen molar-refractivity contribution in [3.63, 3.8) is 0 Å². The van der Waals surface area contributed by atoms with Crippen molar-refractivity contribution in [3.05, 3.63) is 0 Å². The molecular weight excluding hydrogens is 244 g/mol. The quantitative estimate of drug-likeness (QED) is 0.473. The molecule has 0 spiro atoms. The molecule has 0 fully saturated rings. The van der Waals surface area contributed by atoms with Crippen molar-refractivity contribution < 1.29 is 18.1 Å². The lowest BCUT2D eigenvalue weighted by Crippen LogP contribution is -2.42. The van der Waals surface area contributed by atoms with Gasteiger partial charge in [0.25, 0.3) is 0 Å². The molecule has 0 saturated heterocycles. The average molecular weight is 266 g/mol. The maximum absolute atomic E-state index is 11.3. The van der Waals surface area contributed by atoms with Gasteiger partial charge < -0.3 is 13.3 Å². The standard InChI is InChI=1S/C10H22O4SSi/c1-5-7-10(11)15-8-6-9-16(12-2,13-3)14-4/h5-9H2,1-4H3. The highest BCUT2D eigenvalue weighted by Gasteiger charge is 2.36. The van der Waals surface area contributed by atoms with E-state index in [-0.39, 0.29) is 5.12 Å². The predicted molar refractivity (Wildman–Crippen MR) is 68.6 cm³/mol. The Hall–Kier alpha value is 0.117. The van der Waals surface area contributed by atoms with Crippen molar-refractivity contribution >= 4 is 25.7 Å². The zero-order valence-corrected chi connectivity index (χ0v) is 12.4. The molecule has 0 heterocycles. The van der Waals surface area contributed by atoms with Gasteiger partial charge in [0, 0.05) is 39.5 Å². The summed E-state index contributed by atoms with van der Waals surface area (Å²) in [7, 11) is 2.38. The number of hydrogen-bond donors (Lipinski definition) is 0. The fourth-order valence-electron chi connectivity index (χ4n) is 1.31. The summed E-state index contributed by atoms with van der Waals surface area (Å²) in [6.07, 6.45) is 2.45. The van der Waals surface area contributed by atoms with Crippen LogP contribution in [0.5, 0.6) is 0 Å². The van der Waals surface area contributed by atoms with Crippen LogP contribution in [0.25, 0.3) is 0 Å². The van der Waals surface area contributed by atoms with Gasteiger partial charge >= 0.3 is 8.80 Å². The predicted octanol–water partition coefficient (Wildman–Crippen LogP) is 2.31. The second-order valence-electron chi connectivity index (χ2n) is 3.37. The maximum Gasteiger partial charge on any atom is 0.500 e. The third-order valence-electron chi connectivity index (χ3n) is 2.28. The van der Waals surface area contributed by atoms with Crippen LogP contribution in [0, 0.1) is 0 Å². The normalized spacial score (nSPS) is 11.8. The average Bonchev–Trinajstić information content (AvgIpc) is 2.31. The second kappa shape index (κ2) is 9.18. The summed E-state index contributed by atoms with van der Waals surface area (Å²) in [6, 6.07) is 0.753. The van der Waals surface area contributed by atoms with Crippen molar-refractivity contribution in [2.45, 2.75) is 32.2 Å². The van der Waals surface area contributed by atoms with Crippen LogP contribution in [0.3, 0.4) is 0 Å². The molecule has 0 bridgehead atoms. The van der Waals surface area contributed by atoms with Gasteiger partial charge in [-0.1, -0.05) is 18.7 Å². The summed E-state index contributed by atoms with van der Waals surface area (Å²) in [5.41, 5.74) is 0. The number of carbonyl (C=O) groups is 1. The first-order valence-electron chi connectivity index (χ1n) is 5.45. The van der Waals surface area contributed by atoms with Crippen LogP contribution in [-0.4, -0.2) is 41.0 Å². The minimum atomic E-state index is -2.43. The fraction of sp³-hybridized carbons (Fsp3) is 0.900. The summed E-state index contributed by atoms with van der Waals surface area (Å²) >= 11 is 1.39. The monoisotopic (exact) mass is 266 g/mol. The molecule has 16 heavy (non-hydrogen) atoms. The summed E-state index contributed by atoms with van der Waals surface area (Å²) in [4.78, 5) is 11.3. The van der Waals surface area contributed by atoms with E-state index in [0.717, 1.165) is 24.6 Å². The molecule has 0 amide bonds. The molecule has 96 valence electrons. The Morgan fingerprint density at radius 3 is 2.19 bits per heavy atom. The molecule has 0 aromatic rings. The Morgan fingerprint density at radius 1 is 1.19 bits per heavy atom. The Balaban J connectivity index is 3.74. The van der Waals surface area contributed by atoms with Crippen LogP contribution in [-0.2, 0) is 18.1 Å². The van der Waals surface area contributed by atoms with Gasteiger partial charge in [-0.3, -0.25) is 4.79 Å². The van der Waals surface area contributed by atoms with E-state index in [2.05, 4.69) is 0 Å². The van der Waals surface area contributed by atoms with Crippen LogP contribution in [0.4, 0.5) is 0 Å². The number of rotatable bonds is 9. The van der Waals surface area contributed by atoms with E-state index in [1.165, 1.54) is 11.8 Å². The van der Waals surface area contributed by atoms with E-state index < -0.39 is 8.80 Å². The third kappa shape index (κ3) is 6.00. The third-order valence-corrected chi connectivity index (χ3v) is 6.13. The van der Waals surface area contributed by atoms with Crippen LogP contribution in [0.2, 0.25) is 6.04 Å². The van der Waals surface area contributed by atoms with Gasteiger partial charge in [0.05, 0.1) is 0 Å². The van der Waals surface area contributed by atoms with Gasteiger partial charge in [0.2, 0.25) is 0 Å². The van der Waals surface area contributed by atoms with E-state index in [1.807, 2.05) is 6.92 Å². The van der Waals surface area contributed by atoms with Crippen molar-refractivity contribution in [2.24, 2.45) is 0 Å². The molecule has 0 aliphatic carbocycles. The minimum Gasteiger partial charge on any atom is -0.377 e. The number of carbonyl (C=O) groups excluding carboxylic acids is 1. The van der Waals surface area contributed by atoms with Crippen molar-refractivity contribution in [2.75, 3.05) is 27.1 Å². The molecule has 0 rings (SSSR count). The van der Waals surface area contributed by atoms with Crippen LogP contribution >= 0.6 is 11.8 Å². The van der Waals surface area contributed by atoms with Gasteiger partial charge in [0.15, 0.2) is 5.12 Å². The Kier molecular flexibility index (Phi) is 9.25. The summed E-state index contributed by atoms with van der Waals surface area (Å²) in [5.74, 6) is 0.809. The molecule has 0 aliphatic heterocycles. The fourth-order valence-corrected chi connectivity index (χ4v) is 4.15. The largest absolute Gasteiger partial charge is 0.500 e. The maximum atomic E-state index is 11.3. The molecule has 0 unspecified atom stereocenters. The van der Waals surface area contributed by atoms with E-state index in [9.17, 15) is 4.79 Å². The highest BCUT2D eigenvalue weighted by Crippen LogP contribution is 2.18. The smallest absolute Gasteiger partial charge is 0.377 e. The molecule has 6 heteroatoms. The Morgan fingerprint density at radius 2 is 1.75 bits per heavy atom. The van der Waals surface area contributed by atoms with Crippen molar-refractivity contribution in [3.8, 4) is 0 Å². The highest BCUT2D eigenvalue weighted by atomic mass is 32.2. The lowest BCUT2D eigenvalue weighted by Gasteiger charge is -2.23. The van der Waals surface area contributed by atoms with Gasteiger partial charge in [0.1, 0.15) is 0 Å². The lowest BCUT2D eigenvalue weighted by atomic mass is 10.4. The van der Waals surface area contributed by atoms with Gasteiger partial charge in [-0.15, -0.1) is 0 Å². The van der Waals surface area contributed by atoms with Gasteiger partial charge in [-0.05, 0) is 12.8 Å². The molecule has 0 atom stereocenters. The Labute approximate surface area is 103 Å². The highest BCUT2D eigenvalue weighted by molar-refractivity contribution is 8.13. The second-order valence-corrected chi connectivity index (χ2v) is 7.61. The molecule has 4 nitrogen and oxygen atoms in total. The first-order chi connectivity index (χ1) is 7.64. The molecule has 0 radical (unpaired) electrons. The molecular formula is C10H22O4SSi. The number of hydrogen-bond acceptors (Lipinski definition) is 5. The molecule has 0 aliphatic rings. The lowest BCUT2D eigenvalue weighted by molar-refractivity contribution is -0.111. The van der Waals surface area contributed by atoms with Crippen LogP contribution in [0.1, 0.15) is 26.2 Å². The van der Waals surface area contributed by atoms with Crippen molar-refractivity contribution in [1.82, 2.24) is 0 Å². The van der Waals surface area contributed by atoms with E-state index in [0.29, 0.717) is 6.42 Å². The zero-order chi connectivity index (χ0) is 12.4. The summed E-state index contributed by atoms with van der Waals surface area (Å²) in [5, 5.41) is 0.266. The van der Waals surface area contributed by atoms with E-state index in [1.54, 1.807) is 21.3 Å². The van der Waals surface area contributed by atoms with Gasteiger partial charge in [-0.2, -0.15) is 0 Å². The first-order valence-corrected chi connectivity index (χ1v) is 8.37. The summed E-state index contributed by atoms with van der Waals surface area (Å²) < 4.78 is 15.9. The molecule has 0 aromatic carbocycles. The molecule has 0 saturated carbocycles. The van der Waals surface area contributed by atoms with E-state index >= 15 is 0 Å².